The summed E-state index contributed by atoms with van der Waals surface area (Å²) < 4.78 is 3.94. The van der Waals surface area contributed by atoms with E-state index in [-0.39, 0.29) is 0 Å². The molecule has 368 valence electrons. The maximum atomic E-state index is 14.3. The molecule has 0 fully saturated rings. The fraction of sp³-hybridized carbons (Fsp3) is 0.583. The molecular formula is C60H82Br4O3. The maximum Gasteiger partial charge on any atom is 0.174 e. The molecule has 0 amide bonds. The third-order valence-corrected chi connectivity index (χ3v) is 16.9. The molecule has 4 aromatic carbocycles. The standard InChI is InChI=1S/C30H42Br2O2.C30H40Br2O/c1-3-5-7-9-11-13-19-29(33)27-21-23(31)15-17-25(27)26-18-16-24(32)22-28(26)30(29,34)20-14-12-10-8-6-4-2;1-3-5-7-9-11-13-19-30(20-14-12-10-8-6-4-2)28-22-24(32)16-18-26(28)25-17-15-23(31)21-27(25)29(30)33/h15-18,21-22,33-34H,3-14,19-20H2,1-2H3;15-18,21-22H,3-14,19-20H2,1-2H3. The molecule has 0 bridgehead atoms. The molecule has 0 radical (unpaired) electrons. The molecule has 3 nitrogen and oxygen atoms in total. The highest BCUT2D eigenvalue weighted by Crippen LogP contribution is 2.57. The number of rotatable bonds is 28. The number of halogens is 4. The zero-order chi connectivity index (χ0) is 48.3. The topological polar surface area (TPSA) is 57.5 Å². The molecule has 2 aliphatic carbocycles. The number of carbonyl (C=O) groups is 1. The van der Waals surface area contributed by atoms with Crippen molar-refractivity contribution >= 4 is 69.5 Å². The summed E-state index contributed by atoms with van der Waals surface area (Å²) in [5.74, 6) is 0.339. The van der Waals surface area contributed by atoms with Gasteiger partial charge < -0.3 is 10.2 Å². The molecule has 0 saturated carbocycles. The van der Waals surface area contributed by atoms with Gasteiger partial charge in [0.25, 0.3) is 0 Å². The molecule has 4 aromatic rings. The molecule has 7 heteroatoms. The van der Waals surface area contributed by atoms with E-state index in [9.17, 15) is 15.0 Å². The normalized spacial score (nSPS) is 17.9. The van der Waals surface area contributed by atoms with Crippen LogP contribution in [0.4, 0.5) is 0 Å². The number of Topliss-reactive ketones (excluding diaryl/α,β-unsaturated/α-hetero) is 1. The van der Waals surface area contributed by atoms with Crippen LogP contribution in [0.25, 0.3) is 22.3 Å². The van der Waals surface area contributed by atoms with Crippen molar-refractivity contribution in [2.45, 2.75) is 224 Å². The predicted octanol–water partition coefficient (Wildman–Crippen LogP) is 20.6. The van der Waals surface area contributed by atoms with Gasteiger partial charge in [-0.3, -0.25) is 4.79 Å². The molecule has 0 saturated heterocycles. The number of hydrogen-bond donors (Lipinski definition) is 2. The monoisotopic (exact) mass is 1170 g/mol. The van der Waals surface area contributed by atoms with Crippen LogP contribution in [0.2, 0.25) is 0 Å². The van der Waals surface area contributed by atoms with Gasteiger partial charge in [-0.15, -0.1) is 0 Å². The zero-order valence-corrected chi connectivity index (χ0v) is 47.9. The highest BCUT2D eigenvalue weighted by atomic mass is 79.9. The van der Waals surface area contributed by atoms with E-state index in [4.69, 9.17) is 0 Å². The first kappa shape index (κ1) is 56.3. The molecule has 67 heavy (non-hydrogen) atoms. The summed E-state index contributed by atoms with van der Waals surface area (Å²) in [5, 5.41) is 24.9. The van der Waals surface area contributed by atoms with Crippen molar-refractivity contribution in [2.24, 2.45) is 0 Å². The van der Waals surface area contributed by atoms with Crippen LogP contribution in [-0.2, 0) is 16.6 Å². The maximum absolute atomic E-state index is 14.3. The van der Waals surface area contributed by atoms with Gasteiger partial charge in [-0.25, -0.2) is 0 Å². The van der Waals surface area contributed by atoms with E-state index in [0.717, 1.165) is 103 Å². The number of hydrogen-bond acceptors (Lipinski definition) is 3. The van der Waals surface area contributed by atoms with Crippen molar-refractivity contribution in [3.8, 4) is 22.3 Å². The minimum absolute atomic E-state index is 0.339. The van der Waals surface area contributed by atoms with Crippen LogP contribution in [-0.4, -0.2) is 16.0 Å². The Labute approximate surface area is 440 Å². The van der Waals surface area contributed by atoms with Crippen LogP contribution in [0, 0.1) is 0 Å². The van der Waals surface area contributed by atoms with E-state index in [1.165, 1.54) is 127 Å². The number of unbranched alkanes of at least 4 members (excludes halogenated alkanes) is 20. The number of benzene rings is 4. The van der Waals surface area contributed by atoms with Crippen molar-refractivity contribution in [3.63, 3.8) is 0 Å². The molecule has 0 aliphatic heterocycles. The Morgan fingerprint density at radius 2 is 0.627 bits per heavy atom. The molecular weight excluding hydrogens is 1090 g/mol. The largest absolute Gasteiger partial charge is 0.382 e. The van der Waals surface area contributed by atoms with E-state index in [1.54, 1.807) is 0 Å². The van der Waals surface area contributed by atoms with Gasteiger partial charge in [0.15, 0.2) is 5.78 Å². The Morgan fingerprint density at radius 3 is 1.00 bits per heavy atom. The smallest absolute Gasteiger partial charge is 0.174 e. The average molecular weight is 1170 g/mol. The van der Waals surface area contributed by atoms with Gasteiger partial charge in [0, 0.05) is 23.5 Å². The first-order valence-electron chi connectivity index (χ1n) is 26.6. The molecule has 6 rings (SSSR count). The highest BCUT2D eigenvalue weighted by molar-refractivity contribution is 9.11. The van der Waals surface area contributed by atoms with Crippen LogP contribution in [0.1, 0.15) is 235 Å². The molecule has 2 unspecified atom stereocenters. The second-order valence-corrected chi connectivity index (χ2v) is 23.6. The summed E-state index contributed by atoms with van der Waals surface area (Å²) in [4.78, 5) is 14.3. The van der Waals surface area contributed by atoms with Crippen LogP contribution >= 0.6 is 63.7 Å². The molecule has 2 aliphatic rings. The molecule has 0 aromatic heterocycles. The Hall–Kier alpha value is -1.61. The average Bonchev–Trinajstić information content (AvgIpc) is 3.32. The summed E-state index contributed by atoms with van der Waals surface area (Å²) in [6, 6.07) is 25.1. The molecule has 2 N–H and O–H groups in total. The summed E-state index contributed by atoms with van der Waals surface area (Å²) in [6.45, 7) is 9.00. The van der Waals surface area contributed by atoms with E-state index < -0.39 is 16.6 Å². The second-order valence-electron chi connectivity index (χ2n) is 20.0. The Bertz CT molecular complexity index is 2060. The molecule has 0 spiro atoms. The van der Waals surface area contributed by atoms with Gasteiger partial charge in [-0.2, -0.15) is 0 Å². The summed E-state index contributed by atoms with van der Waals surface area (Å²) in [5.41, 5.74) is 5.25. The SMILES string of the molecule is CCCCCCCCC1(CCCCCCCC)C(=O)c2cc(Br)ccc2-c2ccc(Br)cc21.CCCCCCCCC1(O)c2cc(Br)ccc2-c2ccc(Br)cc2C1(O)CCCCCCCC. The highest BCUT2D eigenvalue weighted by Gasteiger charge is 2.55. The number of fused-ring (bicyclic) bond motifs is 6. The summed E-state index contributed by atoms with van der Waals surface area (Å²) in [7, 11) is 0. The number of ketones is 1. The van der Waals surface area contributed by atoms with Gasteiger partial charge in [0.2, 0.25) is 0 Å². The van der Waals surface area contributed by atoms with Crippen LogP contribution in [0.5, 0.6) is 0 Å². The Kier molecular flexibility index (Phi) is 23.9. The van der Waals surface area contributed by atoms with Crippen molar-refractivity contribution in [1.82, 2.24) is 0 Å². The Balaban J connectivity index is 0.000000251. The van der Waals surface area contributed by atoms with Crippen LogP contribution in [0.3, 0.4) is 0 Å². The third-order valence-electron chi connectivity index (χ3n) is 15.0. The Morgan fingerprint density at radius 1 is 0.343 bits per heavy atom. The third kappa shape index (κ3) is 14.5. The van der Waals surface area contributed by atoms with Crippen molar-refractivity contribution in [1.29, 1.82) is 0 Å². The van der Waals surface area contributed by atoms with Crippen LogP contribution < -0.4 is 0 Å². The number of aliphatic hydroxyl groups is 2. The van der Waals surface area contributed by atoms with E-state index in [0.29, 0.717) is 18.6 Å². The first-order chi connectivity index (χ1) is 32.4. The van der Waals surface area contributed by atoms with Crippen LogP contribution in [0.15, 0.2) is 90.7 Å². The fourth-order valence-corrected chi connectivity index (χ4v) is 12.6. The summed E-state index contributed by atoms with van der Waals surface area (Å²) in [6.07, 6.45) is 32.0. The first-order valence-corrected chi connectivity index (χ1v) is 29.8. The minimum Gasteiger partial charge on any atom is -0.382 e. The lowest BCUT2D eigenvalue weighted by Crippen LogP contribution is -2.52. The molecule has 2 atom stereocenters. The number of carbonyl (C=O) groups excluding carboxylic acids is 1. The van der Waals surface area contributed by atoms with Gasteiger partial charge in [0.05, 0.1) is 5.41 Å². The van der Waals surface area contributed by atoms with E-state index in [2.05, 4.69) is 140 Å². The van der Waals surface area contributed by atoms with Crippen molar-refractivity contribution in [2.75, 3.05) is 0 Å². The second kappa shape index (κ2) is 28.4. The van der Waals surface area contributed by atoms with E-state index >= 15 is 0 Å². The summed E-state index contributed by atoms with van der Waals surface area (Å²) >= 11 is 14.6. The van der Waals surface area contributed by atoms with E-state index in [1.807, 2.05) is 24.3 Å². The lowest BCUT2D eigenvalue weighted by Gasteiger charge is -2.49. The minimum atomic E-state index is -1.31. The lowest BCUT2D eigenvalue weighted by molar-refractivity contribution is -0.177. The van der Waals surface area contributed by atoms with Crippen molar-refractivity contribution in [3.05, 3.63) is 113 Å². The fourth-order valence-electron chi connectivity index (χ4n) is 11.1. The van der Waals surface area contributed by atoms with Gasteiger partial charge in [0.1, 0.15) is 11.2 Å². The zero-order valence-electron chi connectivity index (χ0n) is 41.5. The van der Waals surface area contributed by atoms with Gasteiger partial charge in [-0.05, 0) is 113 Å². The van der Waals surface area contributed by atoms with Crippen molar-refractivity contribution < 1.29 is 15.0 Å². The van der Waals surface area contributed by atoms with Gasteiger partial charge >= 0.3 is 0 Å². The molecule has 0 heterocycles. The van der Waals surface area contributed by atoms with Gasteiger partial charge in [-0.1, -0.05) is 270 Å². The quantitative estimate of drug-likeness (QED) is 0.0557. The predicted molar refractivity (Wildman–Crippen MR) is 300 cm³/mol. The lowest BCUT2D eigenvalue weighted by atomic mass is 9.62.